The van der Waals surface area contributed by atoms with Gasteiger partial charge in [-0.1, -0.05) is 61.2 Å². The summed E-state index contributed by atoms with van der Waals surface area (Å²) in [7, 11) is -6.96. The van der Waals surface area contributed by atoms with Gasteiger partial charge < -0.3 is 47.6 Å². The van der Waals surface area contributed by atoms with Crippen LogP contribution in [-0.4, -0.2) is 157 Å². The molecule has 10 rings (SSSR count). The Balaban J connectivity index is 0.000000224. The molecule has 2 aliphatic rings. The van der Waals surface area contributed by atoms with Crippen molar-refractivity contribution >= 4 is 66.2 Å². The van der Waals surface area contributed by atoms with Crippen LogP contribution in [0.2, 0.25) is 0 Å². The molecule has 2 atom stereocenters. The van der Waals surface area contributed by atoms with E-state index in [1.807, 2.05) is 74.6 Å². The second-order valence-electron chi connectivity index (χ2n) is 22.7. The number of sulfone groups is 1. The number of piperidine rings is 2. The van der Waals surface area contributed by atoms with Crippen molar-refractivity contribution < 1.29 is 78.7 Å². The third-order valence-electron chi connectivity index (χ3n) is 15.5. The molecule has 0 spiro atoms. The number of esters is 1. The third-order valence-corrected chi connectivity index (χ3v) is 17.3. The Morgan fingerprint density at radius 3 is 1.76 bits per heavy atom. The van der Waals surface area contributed by atoms with Gasteiger partial charge in [0.25, 0.3) is 0 Å². The smallest absolute Gasteiger partial charge is 0.310 e. The number of benzene rings is 4. The number of Topliss-reactive ketones (excluding diaryl/α,β-unsaturated/α-hetero) is 1. The normalized spacial score (nSPS) is 15.0. The quantitative estimate of drug-likeness (QED) is 0.0159. The van der Waals surface area contributed by atoms with Crippen molar-refractivity contribution in [2.75, 3.05) is 96.5 Å². The molecule has 2 aliphatic heterocycles. The van der Waals surface area contributed by atoms with Crippen molar-refractivity contribution in [2.45, 2.75) is 69.6 Å². The van der Waals surface area contributed by atoms with Gasteiger partial charge in [-0.3, -0.25) is 38.4 Å². The Hall–Kier alpha value is -9.31. The number of aromatic nitrogens is 4. The molecule has 24 nitrogen and oxygen atoms in total. The fourth-order valence-corrected chi connectivity index (χ4v) is 12.3. The number of sulfonamides is 1. The Morgan fingerprint density at radius 2 is 1.18 bits per heavy atom. The van der Waals surface area contributed by atoms with E-state index in [1.54, 1.807) is 75.7 Å². The number of hydrogen-bond donors (Lipinski definition) is 3. The number of anilines is 1. The third kappa shape index (κ3) is 19.6. The largest absolute Gasteiger partial charge is 0.491 e. The maximum Gasteiger partial charge on any atom is 0.310 e. The summed E-state index contributed by atoms with van der Waals surface area (Å²) >= 11 is 0. The second-order valence-corrected chi connectivity index (χ2v) is 26.4. The molecule has 0 saturated carbocycles. The van der Waals surface area contributed by atoms with Gasteiger partial charge in [0.15, 0.2) is 21.3 Å². The fraction of sp³-hybridized carbons (Fsp3) is 0.348. The fourth-order valence-electron chi connectivity index (χ4n) is 10.8. The van der Waals surface area contributed by atoms with Crippen LogP contribution in [0, 0.1) is 13.8 Å². The van der Waals surface area contributed by atoms with E-state index < -0.39 is 25.8 Å². The molecule has 95 heavy (non-hydrogen) atoms. The van der Waals surface area contributed by atoms with E-state index in [0.717, 1.165) is 58.9 Å². The molecular weight excluding hydrogens is 1260 g/mol. The van der Waals surface area contributed by atoms with E-state index in [-0.39, 0.29) is 66.5 Å². The lowest BCUT2D eigenvalue weighted by Crippen LogP contribution is -2.39. The maximum absolute atomic E-state index is 12.7. The number of hydrogen-bond acceptors (Lipinski definition) is 19. The number of fused-ring (bicyclic) bond motifs is 2. The first-order valence-electron chi connectivity index (χ1n) is 30.8. The molecule has 0 aliphatic carbocycles. The summed E-state index contributed by atoms with van der Waals surface area (Å²) in [6.45, 7) is 12.7. The van der Waals surface area contributed by atoms with Crippen LogP contribution in [0.1, 0.15) is 83.0 Å². The Kier molecular flexibility index (Phi) is 24.1. The van der Waals surface area contributed by atoms with Crippen molar-refractivity contribution in [3.05, 3.63) is 174 Å². The molecule has 26 heteroatoms. The summed E-state index contributed by atoms with van der Waals surface area (Å²) < 4.78 is 99.7. The summed E-state index contributed by atoms with van der Waals surface area (Å²) in [6.07, 6.45) is 8.19. The number of amides is 3. The van der Waals surface area contributed by atoms with Crippen LogP contribution in [0.4, 0.5) is 5.69 Å². The first kappa shape index (κ1) is 70.0. The molecular formula is C69H77N7O17S2. The van der Waals surface area contributed by atoms with Crippen molar-refractivity contribution in [3.63, 3.8) is 0 Å². The number of pyridine rings is 2. The Bertz CT molecular complexity index is 4300. The number of ketones is 1. The highest BCUT2D eigenvalue weighted by Crippen LogP contribution is 2.36. The first-order chi connectivity index (χ1) is 45.6. The maximum atomic E-state index is 12.7. The van der Waals surface area contributed by atoms with Crippen LogP contribution < -0.4 is 29.6 Å². The second kappa shape index (κ2) is 32.7. The van der Waals surface area contributed by atoms with Gasteiger partial charge in [-0.25, -0.2) is 16.8 Å². The SMILES string of the molecule is C=C1CCC(c2ccc(OCCOCCOCCOC(=O)Cc3cc(-c4ccc(C)c(NS(C)(=O)=O)c4)cn4c(C)nnc34)cc2)C(=O)N1.CC(=O)c1cc(-c2ccccc2S(C)(=O)=O)c2cc(OCCOCCOCCOc3ccc(C4CCC(=O)NC4=O)cc3)ccn12. The number of nitrogens with zero attached hydrogens (tertiary/aromatic N) is 4. The lowest BCUT2D eigenvalue weighted by molar-refractivity contribution is -0.144. The minimum atomic E-state index is -3.50. The van der Waals surface area contributed by atoms with Gasteiger partial charge in [-0.05, 0) is 116 Å². The zero-order valence-electron chi connectivity index (χ0n) is 53.6. The van der Waals surface area contributed by atoms with Crippen LogP contribution in [0.3, 0.4) is 0 Å². The highest BCUT2D eigenvalue weighted by atomic mass is 32.2. The minimum Gasteiger partial charge on any atom is -0.491 e. The van der Waals surface area contributed by atoms with Gasteiger partial charge in [-0.15, -0.1) is 10.2 Å². The van der Waals surface area contributed by atoms with Gasteiger partial charge >= 0.3 is 5.97 Å². The number of nitrogens with one attached hydrogen (secondary N) is 3. The van der Waals surface area contributed by atoms with Crippen LogP contribution >= 0.6 is 0 Å². The van der Waals surface area contributed by atoms with Crippen LogP contribution in [0.15, 0.2) is 145 Å². The molecule has 8 aromatic rings. The zero-order chi connectivity index (χ0) is 67.7. The lowest BCUT2D eigenvalue weighted by atomic mass is 9.90. The molecule has 0 bridgehead atoms. The van der Waals surface area contributed by atoms with E-state index in [1.165, 1.54) is 6.92 Å². The van der Waals surface area contributed by atoms with Crippen LogP contribution in [0.5, 0.6) is 17.2 Å². The van der Waals surface area contributed by atoms with E-state index >= 15 is 0 Å². The summed E-state index contributed by atoms with van der Waals surface area (Å²) in [5, 5.41) is 13.6. The van der Waals surface area contributed by atoms with Gasteiger partial charge in [0.05, 0.1) is 99.2 Å². The predicted octanol–water partition coefficient (Wildman–Crippen LogP) is 8.31. The molecule has 2 fully saturated rings. The molecule has 6 heterocycles. The molecule has 3 N–H and O–H groups in total. The van der Waals surface area contributed by atoms with E-state index in [4.69, 9.17) is 37.9 Å². The average molecular weight is 1340 g/mol. The highest BCUT2D eigenvalue weighted by molar-refractivity contribution is 7.92. The predicted molar refractivity (Wildman–Crippen MR) is 354 cm³/mol. The van der Waals surface area contributed by atoms with E-state index in [9.17, 15) is 40.8 Å². The standard InChI is InChI=1S/C35H41N5O8S.C34H36N2O9S/c1-23-5-7-27(20-32(23)39-49(4,43)44)29-19-28(34-38-37-25(3)40(34)22-29)21-33(41)48-18-16-46-14-13-45-15-17-47-30-10-8-26(9-11-30)31-12-6-24(2)36-35(31)42;1-23(37)30-22-29(28-5-3-4-6-32(28)46(2,40)41)31-21-26(13-14-36(30)31)45-20-18-43-16-15-42-17-19-44-25-9-7-24(8-10-25)27-11-12-33(38)35-34(27)39/h5,7-11,19-20,22,31,39H,2,6,12-18,21H2,1,3-4H3,(H,36,42);3-10,13-14,21-22,27H,11-12,15-20H2,1-2H3,(H,35,38,39). The van der Waals surface area contributed by atoms with Gasteiger partial charge in [0.2, 0.25) is 27.7 Å². The number of imide groups is 1. The van der Waals surface area contributed by atoms with Crippen LogP contribution in [0.25, 0.3) is 33.4 Å². The van der Waals surface area contributed by atoms with E-state index in [2.05, 4.69) is 32.1 Å². The molecule has 4 aromatic heterocycles. The monoisotopic (exact) mass is 1340 g/mol. The molecule has 0 radical (unpaired) electrons. The molecule has 3 amide bonds. The first-order valence-corrected chi connectivity index (χ1v) is 34.6. The average Bonchev–Trinajstić information content (AvgIpc) is 1.66. The van der Waals surface area contributed by atoms with E-state index in [0.29, 0.717) is 135 Å². The molecule has 2 unspecified atom stereocenters. The zero-order valence-corrected chi connectivity index (χ0v) is 55.2. The number of carbonyl (C=O) groups excluding carboxylic acids is 5. The Labute approximate surface area is 551 Å². The number of carbonyl (C=O) groups is 5. The molecule has 502 valence electrons. The van der Waals surface area contributed by atoms with Crippen molar-refractivity contribution in [2.24, 2.45) is 0 Å². The van der Waals surface area contributed by atoms with Crippen molar-refractivity contribution in [1.29, 1.82) is 0 Å². The van der Waals surface area contributed by atoms with Crippen molar-refractivity contribution in [1.82, 2.24) is 29.6 Å². The summed E-state index contributed by atoms with van der Waals surface area (Å²) in [4.78, 5) is 60.9. The summed E-state index contributed by atoms with van der Waals surface area (Å²) in [5.74, 6) is 0.954. The van der Waals surface area contributed by atoms with Gasteiger partial charge in [0, 0.05) is 60.4 Å². The Morgan fingerprint density at radius 1 is 0.611 bits per heavy atom. The van der Waals surface area contributed by atoms with Gasteiger partial charge in [0.1, 0.15) is 49.5 Å². The van der Waals surface area contributed by atoms with Crippen molar-refractivity contribution in [3.8, 4) is 39.5 Å². The van der Waals surface area contributed by atoms with Crippen LogP contribution in [-0.2, 0) is 69.1 Å². The number of aryl methyl sites for hydroxylation is 2. The molecule has 2 saturated heterocycles. The minimum absolute atomic E-state index is 0.0216. The summed E-state index contributed by atoms with van der Waals surface area (Å²) in [5.41, 5.74) is 8.73. The lowest BCUT2D eigenvalue weighted by Gasteiger charge is -2.23. The topological polar surface area (TPSA) is 298 Å². The highest BCUT2D eigenvalue weighted by Gasteiger charge is 2.29. The number of rotatable bonds is 31. The number of ether oxygens (including phenoxy) is 8. The summed E-state index contributed by atoms with van der Waals surface area (Å²) in [6, 6.07) is 34.1. The molecule has 4 aromatic carbocycles. The van der Waals surface area contributed by atoms with Gasteiger partial charge in [-0.2, -0.15) is 0 Å². The number of allylic oxidation sites excluding steroid dienone is 1.